The number of thiazole rings is 2. The predicted octanol–water partition coefficient (Wildman–Crippen LogP) is 7.46. The van der Waals surface area contributed by atoms with Crippen molar-refractivity contribution in [1.82, 2.24) is 9.97 Å². The maximum absolute atomic E-state index is 12.6. The molecule has 4 aromatic carbocycles. The normalized spacial score (nSPS) is 11.9. The number of aromatic nitrogens is 2. The summed E-state index contributed by atoms with van der Waals surface area (Å²) in [6, 6.07) is 25.3. The minimum atomic E-state index is -4.37. The first-order chi connectivity index (χ1) is 19.1. The van der Waals surface area contributed by atoms with Gasteiger partial charge in [0.25, 0.3) is 10.1 Å². The summed E-state index contributed by atoms with van der Waals surface area (Å²) in [6.45, 7) is 3.69. The molecule has 200 valence electrons. The van der Waals surface area contributed by atoms with Crippen LogP contribution in [0.5, 0.6) is 0 Å². The van der Waals surface area contributed by atoms with Gasteiger partial charge in [0, 0.05) is 24.0 Å². The fraction of sp³-hybridized carbons (Fsp3) is 0.129. The highest BCUT2D eigenvalue weighted by molar-refractivity contribution is 7.86. The van der Waals surface area contributed by atoms with Crippen LogP contribution in [-0.2, 0) is 27.8 Å². The molecule has 6 nitrogen and oxygen atoms in total. The molecule has 0 unspecified atom stereocenters. The summed E-state index contributed by atoms with van der Waals surface area (Å²) < 4.78 is 35.2. The summed E-state index contributed by atoms with van der Waals surface area (Å²) in [5.41, 5.74) is 6.88. The van der Waals surface area contributed by atoms with E-state index in [-0.39, 0.29) is 10.7 Å². The Bertz CT molecular complexity index is 2010. The Morgan fingerprint density at radius 1 is 0.750 bits per heavy atom. The molecule has 0 amide bonds. The second-order valence-corrected chi connectivity index (χ2v) is 13.2. The second-order valence-electron chi connectivity index (χ2n) is 9.83. The van der Waals surface area contributed by atoms with E-state index >= 15 is 0 Å². The van der Waals surface area contributed by atoms with Crippen molar-refractivity contribution in [2.24, 2.45) is 0 Å². The van der Waals surface area contributed by atoms with Crippen molar-refractivity contribution in [2.45, 2.75) is 31.6 Å². The molecular weight excluding hydrogens is 561 g/mol. The molecule has 0 aliphatic heterocycles. The van der Waals surface area contributed by atoms with E-state index in [0.717, 1.165) is 37.5 Å². The van der Waals surface area contributed by atoms with Crippen LogP contribution in [0.15, 0.2) is 83.8 Å². The number of fused-ring (bicyclic) bond motifs is 2. The van der Waals surface area contributed by atoms with Gasteiger partial charge in [-0.05, 0) is 54.8 Å². The van der Waals surface area contributed by atoms with Crippen LogP contribution in [0.1, 0.15) is 22.3 Å². The Kier molecular flexibility index (Phi) is 6.83. The number of ketones is 1. The third-order valence-corrected chi connectivity index (χ3v) is 10.1. The maximum atomic E-state index is 12.6. The van der Waals surface area contributed by atoms with Crippen molar-refractivity contribution in [2.75, 3.05) is 0 Å². The number of hydrogen-bond donors (Lipinski definition) is 1. The van der Waals surface area contributed by atoms with Gasteiger partial charge in [-0.15, -0.1) is 22.7 Å². The molecule has 2 aromatic heterocycles. The molecule has 6 rings (SSSR count). The van der Waals surface area contributed by atoms with Crippen molar-refractivity contribution >= 4 is 59.0 Å². The molecule has 0 fully saturated rings. The van der Waals surface area contributed by atoms with Crippen LogP contribution in [-0.4, -0.2) is 28.7 Å². The van der Waals surface area contributed by atoms with E-state index in [0.29, 0.717) is 33.6 Å². The minimum Gasteiger partial charge on any atom is -0.299 e. The van der Waals surface area contributed by atoms with Crippen LogP contribution >= 0.6 is 22.7 Å². The summed E-state index contributed by atoms with van der Waals surface area (Å²) in [6.07, 6.45) is 0.811. The van der Waals surface area contributed by atoms with Crippen molar-refractivity contribution in [3.05, 3.63) is 101 Å². The number of hydrogen-bond acceptors (Lipinski definition) is 7. The summed E-state index contributed by atoms with van der Waals surface area (Å²) >= 11 is 2.80. The molecule has 1 N–H and O–H groups in total. The SMILES string of the molecule is Cc1ccc(CC(=O)Cc2ccc(-c3nc4ccc(-c5nc6ccc(C)c(S(=O)(=O)O)c6s5)cc4s3)cc2)cc1. The van der Waals surface area contributed by atoms with Gasteiger partial charge in [-0.25, -0.2) is 9.97 Å². The van der Waals surface area contributed by atoms with Gasteiger partial charge in [-0.1, -0.05) is 60.2 Å². The van der Waals surface area contributed by atoms with Crippen molar-refractivity contribution in [3.63, 3.8) is 0 Å². The van der Waals surface area contributed by atoms with E-state index in [2.05, 4.69) is 4.98 Å². The summed E-state index contributed by atoms with van der Waals surface area (Å²) in [5.74, 6) is 0.179. The average molecular weight is 585 g/mol. The van der Waals surface area contributed by atoms with Crippen LogP contribution in [0, 0.1) is 13.8 Å². The lowest BCUT2D eigenvalue weighted by Crippen LogP contribution is -2.06. The Morgan fingerprint density at radius 2 is 1.32 bits per heavy atom. The van der Waals surface area contributed by atoms with Crippen molar-refractivity contribution in [1.29, 1.82) is 0 Å². The van der Waals surface area contributed by atoms with Gasteiger partial charge in [0.1, 0.15) is 20.7 Å². The summed E-state index contributed by atoms with van der Waals surface area (Å²) in [4.78, 5) is 21.9. The van der Waals surface area contributed by atoms with Gasteiger partial charge in [-0.2, -0.15) is 8.42 Å². The topological polar surface area (TPSA) is 97.2 Å². The van der Waals surface area contributed by atoms with E-state index in [1.54, 1.807) is 30.4 Å². The molecule has 0 aliphatic rings. The standard InChI is InChI=1S/C31H24N2O4S3/c1-18-3-6-20(7-4-18)15-24(34)16-21-8-10-22(11-9-21)30-32-25-14-12-23(17-27(25)38-30)31-33-26-13-5-19(2)29(28(26)39-31)40(35,36)37/h3-14,17H,15-16H2,1-2H3,(H,35,36,37). The Labute approximate surface area is 239 Å². The number of rotatable bonds is 7. The van der Waals surface area contributed by atoms with Crippen molar-refractivity contribution < 1.29 is 17.8 Å². The van der Waals surface area contributed by atoms with E-state index in [1.165, 1.54) is 16.9 Å². The molecule has 0 saturated carbocycles. The highest BCUT2D eigenvalue weighted by Gasteiger charge is 2.21. The fourth-order valence-electron chi connectivity index (χ4n) is 4.68. The number of nitrogens with zero attached hydrogens (tertiary/aromatic N) is 2. The Hall–Kier alpha value is -3.76. The zero-order chi connectivity index (χ0) is 28.0. The lowest BCUT2D eigenvalue weighted by molar-refractivity contribution is -0.117. The molecule has 0 radical (unpaired) electrons. The molecule has 0 atom stereocenters. The number of benzene rings is 4. The lowest BCUT2D eigenvalue weighted by atomic mass is 10.0. The molecule has 9 heteroatoms. The third kappa shape index (κ3) is 5.33. The quantitative estimate of drug-likeness (QED) is 0.196. The lowest BCUT2D eigenvalue weighted by Gasteiger charge is -2.04. The minimum absolute atomic E-state index is 0.0878. The Morgan fingerprint density at radius 3 is 2.00 bits per heavy atom. The van der Waals surface area contributed by atoms with Crippen molar-refractivity contribution in [3.8, 4) is 21.1 Å². The largest absolute Gasteiger partial charge is 0.299 e. The monoisotopic (exact) mass is 584 g/mol. The van der Waals surface area contributed by atoms with Crippen LogP contribution in [0.2, 0.25) is 0 Å². The zero-order valence-corrected chi connectivity index (χ0v) is 24.2. The van der Waals surface area contributed by atoms with E-state index in [9.17, 15) is 17.8 Å². The molecule has 40 heavy (non-hydrogen) atoms. The third-order valence-electron chi connectivity index (χ3n) is 6.73. The van der Waals surface area contributed by atoms with Gasteiger partial charge < -0.3 is 0 Å². The highest BCUT2D eigenvalue weighted by Crippen LogP contribution is 2.38. The van der Waals surface area contributed by atoms with E-state index in [1.807, 2.05) is 73.7 Å². The van der Waals surface area contributed by atoms with E-state index < -0.39 is 10.1 Å². The molecule has 0 spiro atoms. The number of aryl methyl sites for hydroxylation is 2. The van der Waals surface area contributed by atoms with Crippen LogP contribution in [0.25, 0.3) is 41.6 Å². The smallest absolute Gasteiger partial charge is 0.296 e. The molecule has 6 aromatic rings. The maximum Gasteiger partial charge on any atom is 0.296 e. The van der Waals surface area contributed by atoms with Gasteiger partial charge in [0.05, 0.1) is 20.4 Å². The first-order valence-corrected chi connectivity index (χ1v) is 15.7. The summed E-state index contributed by atoms with van der Waals surface area (Å²) in [5, 5.41) is 1.54. The number of carbonyl (C=O) groups is 1. The van der Waals surface area contributed by atoms with Gasteiger partial charge in [-0.3, -0.25) is 9.35 Å². The number of Topliss-reactive ketones (excluding diaryl/α,β-unsaturated/α-hetero) is 1. The van der Waals surface area contributed by atoms with Gasteiger partial charge >= 0.3 is 0 Å². The summed E-state index contributed by atoms with van der Waals surface area (Å²) in [7, 11) is -4.37. The zero-order valence-electron chi connectivity index (χ0n) is 21.7. The fourth-order valence-corrected chi connectivity index (χ4v) is 8.00. The predicted molar refractivity (Wildman–Crippen MR) is 162 cm³/mol. The number of carbonyl (C=O) groups excluding carboxylic acids is 1. The molecule has 0 saturated heterocycles. The van der Waals surface area contributed by atoms with Gasteiger partial charge in [0.2, 0.25) is 0 Å². The highest BCUT2D eigenvalue weighted by atomic mass is 32.2. The first-order valence-electron chi connectivity index (χ1n) is 12.6. The second kappa shape index (κ2) is 10.3. The van der Waals surface area contributed by atoms with Crippen LogP contribution in [0.4, 0.5) is 0 Å². The van der Waals surface area contributed by atoms with E-state index in [4.69, 9.17) is 4.98 Å². The van der Waals surface area contributed by atoms with Crippen LogP contribution in [0.3, 0.4) is 0 Å². The van der Waals surface area contributed by atoms with Crippen LogP contribution < -0.4 is 0 Å². The Balaban J connectivity index is 1.23. The first kappa shape index (κ1) is 26.5. The van der Waals surface area contributed by atoms with Gasteiger partial charge in [0.15, 0.2) is 0 Å². The molecule has 0 bridgehead atoms. The average Bonchev–Trinajstić information content (AvgIpc) is 3.53. The molecule has 2 heterocycles. The molecular formula is C31H24N2O4S3. The molecule has 0 aliphatic carbocycles.